The molecule has 2 aromatic heterocycles. The van der Waals surface area contributed by atoms with Crippen molar-refractivity contribution in [2.45, 2.75) is 19.1 Å². The number of fused-ring (bicyclic) bond motifs is 1. The molecule has 2 heterocycles. The van der Waals surface area contributed by atoms with Crippen molar-refractivity contribution < 1.29 is 14.0 Å². The molecule has 3 aromatic rings. The second kappa shape index (κ2) is 8.73. The van der Waals surface area contributed by atoms with Crippen LogP contribution in [0.15, 0.2) is 33.9 Å². The quantitative estimate of drug-likeness (QED) is 0.576. The molecule has 27 heavy (non-hydrogen) atoms. The number of nitrogens with one attached hydrogen (secondary N) is 2. The van der Waals surface area contributed by atoms with Crippen LogP contribution in [0.3, 0.4) is 0 Å². The summed E-state index contributed by atoms with van der Waals surface area (Å²) in [6, 6.07) is 7.23. The van der Waals surface area contributed by atoms with E-state index in [0.29, 0.717) is 28.3 Å². The van der Waals surface area contributed by atoms with Crippen LogP contribution in [0, 0.1) is 5.92 Å². The fraction of sp³-hybridized carbons (Fsp3) is 0.294. The fourth-order valence-electron chi connectivity index (χ4n) is 2.14. The van der Waals surface area contributed by atoms with Crippen molar-refractivity contribution in [1.29, 1.82) is 0 Å². The molecule has 0 bridgehead atoms. The van der Waals surface area contributed by atoms with Crippen molar-refractivity contribution in [3.8, 4) is 10.8 Å². The van der Waals surface area contributed by atoms with E-state index in [1.807, 2.05) is 38.1 Å². The van der Waals surface area contributed by atoms with Gasteiger partial charge in [-0.3, -0.25) is 10.1 Å². The van der Waals surface area contributed by atoms with Crippen molar-refractivity contribution in [3.63, 3.8) is 0 Å². The predicted molar refractivity (Wildman–Crippen MR) is 107 cm³/mol. The first-order valence-corrected chi connectivity index (χ1v) is 10.3. The second-order valence-electron chi connectivity index (χ2n) is 6.06. The molecule has 10 heteroatoms. The van der Waals surface area contributed by atoms with Gasteiger partial charge < -0.3 is 9.73 Å². The Bertz CT molecular complexity index is 970. The zero-order valence-electron chi connectivity index (χ0n) is 14.6. The Hall–Kier alpha value is -2.10. The Balaban J connectivity index is 1.58. The van der Waals surface area contributed by atoms with Crippen LogP contribution in [0.1, 0.15) is 13.8 Å². The van der Waals surface area contributed by atoms with E-state index in [4.69, 9.17) is 16.0 Å². The lowest BCUT2D eigenvalue weighted by Crippen LogP contribution is -2.41. The number of carbonyl (C=O) groups is 2. The minimum atomic E-state index is -0.516. The van der Waals surface area contributed by atoms with Crippen molar-refractivity contribution in [2.24, 2.45) is 5.92 Å². The minimum Gasteiger partial charge on any atom is -0.410 e. The van der Waals surface area contributed by atoms with E-state index in [1.165, 1.54) is 11.3 Å². The minimum absolute atomic E-state index is 0.0170. The molecule has 7 nitrogen and oxygen atoms in total. The molecule has 0 saturated heterocycles. The number of thioether (sulfide) groups is 1. The molecule has 0 aliphatic heterocycles. The smallest absolute Gasteiger partial charge is 0.321 e. The van der Waals surface area contributed by atoms with E-state index in [1.54, 1.807) is 0 Å². The fourth-order valence-corrected chi connectivity index (χ4v) is 4.14. The third kappa shape index (κ3) is 5.00. The van der Waals surface area contributed by atoms with Crippen LogP contribution >= 0.6 is 34.7 Å². The first-order valence-electron chi connectivity index (χ1n) is 8.15. The van der Waals surface area contributed by atoms with Gasteiger partial charge in [-0.25, -0.2) is 4.79 Å². The summed E-state index contributed by atoms with van der Waals surface area (Å²) in [5.41, 5.74) is 0. The number of thiophene rings is 1. The maximum atomic E-state index is 11.8. The molecule has 0 atom stereocenters. The number of hydrogen-bond donors (Lipinski definition) is 2. The van der Waals surface area contributed by atoms with Crippen molar-refractivity contribution in [3.05, 3.63) is 29.3 Å². The maximum Gasteiger partial charge on any atom is 0.321 e. The van der Waals surface area contributed by atoms with Gasteiger partial charge in [0, 0.05) is 16.6 Å². The Labute approximate surface area is 168 Å². The highest BCUT2D eigenvalue weighted by Gasteiger charge is 2.18. The van der Waals surface area contributed by atoms with Crippen LogP contribution in [-0.4, -0.2) is 34.4 Å². The summed E-state index contributed by atoms with van der Waals surface area (Å²) < 4.78 is 6.63. The van der Waals surface area contributed by atoms with Crippen LogP contribution in [0.5, 0.6) is 0 Å². The summed E-state index contributed by atoms with van der Waals surface area (Å²) in [6.45, 7) is 4.43. The third-order valence-electron chi connectivity index (χ3n) is 3.39. The second-order valence-corrected chi connectivity index (χ2v) is 8.41. The number of rotatable bonds is 6. The molecule has 1 aromatic carbocycles. The lowest BCUT2D eigenvalue weighted by molar-refractivity contribution is -0.117. The number of halogens is 1. The number of carbonyl (C=O) groups excluding carboxylic acids is 2. The largest absolute Gasteiger partial charge is 0.410 e. The maximum absolute atomic E-state index is 11.8. The first-order chi connectivity index (χ1) is 12.9. The molecule has 0 saturated carbocycles. The van der Waals surface area contributed by atoms with E-state index in [-0.39, 0.29) is 11.0 Å². The van der Waals surface area contributed by atoms with Crippen molar-refractivity contribution in [2.75, 3.05) is 12.3 Å². The molecule has 3 rings (SSSR count). The molecule has 0 spiro atoms. The Kier molecular flexibility index (Phi) is 6.35. The Morgan fingerprint density at radius 2 is 2.07 bits per heavy atom. The van der Waals surface area contributed by atoms with Gasteiger partial charge in [0.2, 0.25) is 5.91 Å². The Morgan fingerprint density at radius 1 is 1.30 bits per heavy atom. The number of imide groups is 1. The molecule has 0 fully saturated rings. The number of amides is 3. The van der Waals surface area contributed by atoms with Gasteiger partial charge in [-0.2, -0.15) is 0 Å². The Morgan fingerprint density at radius 3 is 2.81 bits per heavy atom. The zero-order valence-corrected chi connectivity index (χ0v) is 17.0. The monoisotopic (exact) mass is 424 g/mol. The highest BCUT2D eigenvalue weighted by molar-refractivity contribution is 7.99. The average molecular weight is 425 g/mol. The van der Waals surface area contributed by atoms with Crippen LogP contribution in [0.25, 0.3) is 20.9 Å². The number of urea groups is 1. The molecular formula is C17H17ClN4O3S2. The molecule has 0 unspecified atom stereocenters. The molecule has 0 radical (unpaired) electrons. The van der Waals surface area contributed by atoms with E-state index in [0.717, 1.165) is 21.8 Å². The van der Waals surface area contributed by atoms with Crippen LogP contribution in [0.2, 0.25) is 5.02 Å². The van der Waals surface area contributed by atoms with Crippen LogP contribution in [0.4, 0.5) is 4.79 Å². The van der Waals surface area contributed by atoms with Gasteiger partial charge in [-0.15, -0.1) is 21.5 Å². The predicted octanol–water partition coefficient (Wildman–Crippen LogP) is 4.18. The molecule has 3 amide bonds. The summed E-state index contributed by atoms with van der Waals surface area (Å²) in [5, 5.41) is 14.5. The van der Waals surface area contributed by atoms with E-state index in [2.05, 4.69) is 20.8 Å². The van der Waals surface area contributed by atoms with Gasteiger partial charge in [0.05, 0.1) is 10.8 Å². The molecule has 0 aliphatic carbocycles. The number of hydrogen-bond acceptors (Lipinski definition) is 7. The normalized spacial score (nSPS) is 11.1. The molecule has 0 aliphatic rings. The van der Waals surface area contributed by atoms with Gasteiger partial charge in [-0.1, -0.05) is 55.4 Å². The van der Waals surface area contributed by atoms with Gasteiger partial charge in [0.1, 0.15) is 4.88 Å². The summed E-state index contributed by atoms with van der Waals surface area (Å²) in [7, 11) is 0. The first kappa shape index (κ1) is 19.7. The van der Waals surface area contributed by atoms with Gasteiger partial charge >= 0.3 is 6.03 Å². The summed E-state index contributed by atoms with van der Waals surface area (Å²) in [4.78, 5) is 24.1. The SMILES string of the molecule is CC(C)CNC(=O)NC(=O)CSc1nnc(-c2sc3ccccc3c2Cl)o1. The number of aromatic nitrogens is 2. The third-order valence-corrected chi connectivity index (χ3v) is 5.87. The summed E-state index contributed by atoms with van der Waals surface area (Å²) in [6.07, 6.45) is 0. The van der Waals surface area contributed by atoms with Crippen molar-refractivity contribution >= 4 is 56.7 Å². The number of nitrogens with zero attached hydrogens (tertiary/aromatic N) is 2. The summed E-state index contributed by atoms with van der Waals surface area (Å²) >= 11 is 8.92. The topological polar surface area (TPSA) is 97.1 Å². The summed E-state index contributed by atoms with van der Waals surface area (Å²) in [5.74, 6) is 0.147. The highest BCUT2D eigenvalue weighted by atomic mass is 35.5. The van der Waals surface area contributed by atoms with E-state index < -0.39 is 11.9 Å². The van der Waals surface area contributed by atoms with Gasteiger partial charge in [0.25, 0.3) is 11.1 Å². The number of benzene rings is 1. The molecular weight excluding hydrogens is 408 g/mol. The van der Waals surface area contributed by atoms with E-state index in [9.17, 15) is 9.59 Å². The molecule has 2 N–H and O–H groups in total. The van der Waals surface area contributed by atoms with E-state index >= 15 is 0 Å². The zero-order chi connectivity index (χ0) is 19.4. The van der Waals surface area contributed by atoms with Gasteiger partial charge in [0.15, 0.2) is 0 Å². The van der Waals surface area contributed by atoms with Crippen LogP contribution < -0.4 is 10.6 Å². The standard InChI is InChI=1S/C17H17ClN4O3S2/c1-9(2)7-19-16(24)20-12(23)8-26-17-22-21-15(25-17)14-13(18)10-5-3-4-6-11(10)27-14/h3-6,9H,7-8H2,1-2H3,(H2,19,20,23,24). The van der Waals surface area contributed by atoms with Gasteiger partial charge in [-0.05, 0) is 12.0 Å². The highest BCUT2D eigenvalue weighted by Crippen LogP contribution is 2.41. The molecule has 142 valence electrons. The van der Waals surface area contributed by atoms with Crippen LogP contribution in [-0.2, 0) is 4.79 Å². The lowest BCUT2D eigenvalue weighted by Gasteiger charge is -2.07. The van der Waals surface area contributed by atoms with Crippen molar-refractivity contribution in [1.82, 2.24) is 20.8 Å². The lowest BCUT2D eigenvalue weighted by atomic mass is 10.2. The average Bonchev–Trinajstić information content (AvgIpc) is 3.23.